The molecule has 12 nitrogen and oxygen atoms in total. The van der Waals surface area contributed by atoms with Gasteiger partial charge in [0.05, 0.1) is 33.0 Å². The van der Waals surface area contributed by atoms with Crippen LogP contribution in [0.5, 0.6) is 11.5 Å². The Morgan fingerprint density at radius 2 is 1.30 bits per heavy atom. The Hall–Kier alpha value is -4.71. The van der Waals surface area contributed by atoms with Gasteiger partial charge in [0.25, 0.3) is 0 Å². The van der Waals surface area contributed by atoms with Crippen LogP contribution in [0, 0.1) is 0 Å². The number of hydrogen-bond donors (Lipinski definition) is 1. The summed E-state index contributed by atoms with van der Waals surface area (Å²) in [5.74, 6) is 0.505. The molecule has 1 amide bonds. The van der Waals surface area contributed by atoms with Crippen LogP contribution in [0.25, 0.3) is 0 Å². The normalized spacial score (nSPS) is 17.4. The van der Waals surface area contributed by atoms with Gasteiger partial charge in [-0.3, -0.25) is 13.9 Å². The predicted octanol–water partition coefficient (Wildman–Crippen LogP) is 6.32. The monoisotopic (exact) mass is 705 g/mol. The molecule has 5 rings (SSSR count). The molecule has 0 bridgehead atoms. The van der Waals surface area contributed by atoms with Crippen molar-refractivity contribution in [3.05, 3.63) is 132 Å². The summed E-state index contributed by atoms with van der Waals surface area (Å²) in [5, 5.41) is 0. The van der Waals surface area contributed by atoms with Crippen LogP contribution in [0.1, 0.15) is 23.1 Å². The minimum Gasteiger partial charge on any atom is -0.497 e. The molecule has 1 saturated heterocycles. The second kappa shape index (κ2) is 18.3. The van der Waals surface area contributed by atoms with Gasteiger partial charge in [-0.25, -0.2) is 14.2 Å². The van der Waals surface area contributed by atoms with E-state index in [4.69, 9.17) is 32.7 Å². The van der Waals surface area contributed by atoms with E-state index in [1.165, 1.54) is 0 Å². The zero-order chi connectivity index (χ0) is 35.2. The number of nitrogens with zero attached hydrogens (tertiary/aromatic N) is 1. The number of ether oxygens (including phenoxy) is 5. The van der Waals surface area contributed by atoms with Gasteiger partial charge >= 0.3 is 19.9 Å². The fraction of sp³-hybridized carbons (Fsp3) is 0.297. The summed E-state index contributed by atoms with van der Waals surface area (Å²) < 4.78 is 52.1. The van der Waals surface area contributed by atoms with E-state index in [0.29, 0.717) is 11.5 Å². The van der Waals surface area contributed by atoms with Gasteiger partial charge in [-0.2, -0.15) is 0 Å². The molecule has 0 saturated carbocycles. The van der Waals surface area contributed by atoms with Crippen molar-refractivity contribution in [2.45, 2.75) is 44.5 Å². The van der Waals surface area contributed by atoms with E-state index in [9.17, 15) is 19.0 Å². The molecule has 1 aliphatic rings. The first-order valence-electron chi connectivity index (χ1n) is 16.0. The molecule has 264 valence electrons. The van der Waals surface area contributed by atoms with Crippen molar-refractivity contribution in [1.29, 1.82) is 0 Å². The Balaban J connectivity index is 1.21. The first kappa shape index (κ1) is 36.6. The molecule has 0 aromatic heterocycles. The van der Waals surface area contributed by atoms with Crippen LogP contribution in [-0.2, 0) is 52.4 Å². The van der Waals surface area contributed by atoms with Gasteiger partial charge in [-0.05, 0) is 41.0 Å². The van der Waals surface area contributed by atoms with E-state index < -0.39 is 38.1 Å². The van der Waals surface area contributed by atoms with E-state index in [1.807, 2.05) is 66.7 Å². The number of likely N-dealkylation sites (tertiary alicyclic amines) is 1. The highest BCUT2D eigenvalue weighted by molar-refractivity contribution is 7.47. The number of methoxy groups -OCH3 is 1. The average Bonchev–Trinajstić information content (AvgIpc) is 3.57. The largest absolute Gasteiger partial charge is 0.497 e. The third kappa shape index (κ3) is 11.4. The van der Waals surface area contributed by atoms with Crippen molar-refractivity contribution < 1.29 is 51.8 Å². The molecular formula is C37H40NO11P. The van der Waals surface area contributed by atoms with E-state index in [-0.39, 0.29) is 46.0 Å². The first-order chi connectivity index (χ1) is 24.3. The third-order valence-corrected chi connectivity index (χ3v) is 8.77. The fourth-order valence-corrected chi connectivity index (χ4v) is 6.06. The van der Waals surface area contributed by atoms with Gasteiger partial charge in [-0.1, -0.05) is 91.0 Å². The Morgan fingerprint density at radius 1 is 0.760 bits per heavy atom. The van der Waals surface area contributed by atoms with Crippen molar-refractivity contribution >= 4 is 19.9 Å². The zero-order valence-electron chi connectivity index (χ0n) is 27.6. The summed E-state index contributed by atoms with van der Waals surface area (Å²) in [5.41, 5.74) is 2.41. The number of amides is 1. The molecule has 4 aromatic rings. The van der Waals surface area contributed by atoms with Crippen LogP contribution in [-0.4, -0.2) is 67.0 Å². The van der Waals surface area contributed by atoms with Gasteiger partial charge in [0.2, 0.25) is 0 Å². The minimum atomic E-state index is -4.72. The third-order valence-electron chi connectivity index (χ3n) is 7.73. The molecule has 13 heteroatoms. The SMILES string of the molecule is COc1ccc(OC[C@H](COP(=O)(O)O[C@@H]2C[C@H](C(=O)OCc3ccccc3)N(C(=O)OCc3ccccc3)C2)OCc2ccccc2)cc1. The maximum atomic E-state index is 13.2. The van der Waals surface area contributed by atoms with Crippen LogP contribution >= 0.6 is 7.82 Å². The molecule has 1 aliphatic heterocycles. The number of phosphoric ester groups is 1. The van der Waals surface area contributed by atoms with Crippen LogP contribution < -0.4 is 9.47 Å². The number of carbonyl (C=O) groups is 2. The summed E-state index contributed by atoms with van der Waals surface area (Å²) in [6, 6.07) is 33.4. The Labute approximate surface area is 291 Å². The average molecular weight is 706 g/mol. The van der Waals surface area contributed by atoms with E-state index in [0.717, 1.165) is 21.6 Å². The predicted molar refractivity (Wildman–Crippen MR) is 182 cm³/mol. The van der Waals surface area contributed by atoms with Gasteiger partial charge < -0.3 is 28.6 Å². The lowest BCUT2D eigenvalue weighted by Gasteiger charge is -2.23. The quantitative estimate of drug-likeness (QED) is 0.0976. The summed E-state index contributed by atoms with van der Waals surface area (Å²) in [7, 11) is -3.16. The Morgan fingerprint density at radius 3 is 1.88 bits per heavy atom. The van der Waals surface area contributed by atoms with Gasteiger partial charge in [0.15, 0.2) is 0 Å². The van der Waals surface area contributed by atoms with Crippen molar-refractivity contribution in [3.63, 3.8) is 0 Å². The van der Waals surface area contributed by atoms with Gasteiger partial charge in [0, 0.05) is 6.42 Å². The molecule has 0 spiro atoms. The van der Waals surface area contributed by atoms with Crippen LogP contribution in [0.3, 0.4) is 0 Å². The van der Waals surface area contributed by atoms with Crippen molar-refractivity contribution in [2.75, 3.05) is 26.9 Å². The van der Waals surface area contributed by atoms with Crippen LogP contribution in [0.2, 0.25) is 0 Å². The number of benzene rings is 4. The number of hydrogen-bond acceptors (Lipinski definition) is 10. The molecule has 1 fully saturated rings. The standard InChI is InChI=1S/C37H40NO11P/c1-43-31-17-19-32(20-18-31)45-26-34(44-23-28-11-5-2-6-12-28)27-48-50(41,42)49-33-21-35(36(39)46-24-29-13-7-3-8-14-29)38(22-33)37(40)47-25-30-15-9-4-10-16-30/h2-20,33-35H,21-27H2,1H3,(H,41,42)/t33-,34-,35-/m1/s1. The summed E-state index contributed by atoms with van der Waals surface area (Å²) in [6.45, 7) is -0.404. The smallest absolute Gasteiger partial charge is 0.472 e. The lowest BCUT2D eigenvalue weighted by atomic mass is 10.2. The van der Waals surface area contributed by atoms with E-state index >= 15 is 0 Å². The highest BCUT2D eigenvalue weighted by Gasteiger charge is 2.45. The minimum absolute atomic E-state index is 0.00104. The number of carbonyl (C=O) groups excluding carboxylic acids is 2. The molecule has 1 heterocycles. The summed E-state index contributed by atoms with van der Waals surface area (Å²) in [4.78, 5) is 38.3. The number of esters is 1. The Kier molecular flexibility index (Phi) is 13.4. The highest BCUT2D eigenvalue weighted by Crippen LogP contribution is 2.47. The molecule has 1 N–H and O–H groups in total. The molecular weight excluding hydrogens is 665 g/mol. The second-order valence-corrected chi connectivity index (χ2v) is 12.8. The molecule has 0 radical (unpaired) electrons. The lowest BCUT2D eigenvalue weighted by Crippen LogP contribution is -2.41. The van der Waals surface area contributed by atoms with Crippen molar-refractivity contribution in [3.8, 4) is 11.5 Å². The molecule has 0 aliphatic carbocycles. The zero-order valence-corrected chi connectivity index (χ0v) is 28.5. The van der Waals surface area contributed by atoms with Gasteiger partial charge in [0.1, 0.15) is 43.5 Å². The molecule has 4 aromatic carbocycles. The Bertz CT molecular complexity index is 1610. The molecule has 50 heavy (non-hydrogen) atoms. The molecule has 4 atom stereocenters. The topological polar surface area (TPSA) is 139 Å². The van der Waals surface area contributed by atoms with Crippen LogP contribution in [0.15, 0.2) is 115 Å². The number of rotatable bonds is 17. The van der Waals surface area contributed by atoms with Crippen LogP contribution in [0.4, 0.5) is 4.79 Å². The lowest BCUT2D eigenvalue weighted by molar-refractivity contribution is -0.149. The molecule has 1 unspecified atom stereocenters. The maximum Gasteiger partial charge on any atom is 0.472 e. The van der Waals surface area contributed by atoms with Crippen molar-refractivity contribution in [2.24, 2.45) is 0 Å². The summed E-state index contributed by atoms with van der Waals surface area (Å²) >= 11 is 0. The first-order valence-corrected chi connectivity index (χ1v) is 17.5. The van der Waals surface area contributed by atoms with E-state index in [2.05, 4.69) is 0 Å². The highest BCUT2D eigenvalue weighted by atomic mass is 31.2. The van der Waals surface area contributed by atoms with Gasteiger partial charge in [-0.15, -0.1) is 0 Å². The van der Waals surface area contributed by atoms with Crippen molar-refractivity contribution in [1.82, 2.24) is 4.90 Å². The second-order valence-electron chi connectivity index (χ2n) is 11.4. The maximum absolute atomic E-state index is 13.2. The number of phosphoric acid groups is 1. The van der Waals surface area contributed by atoms with E-state index in [1.54, 1.807) is 55.6 Å². The summed E-state index contributed by atoms with van der Waals surface area (Å²) in [6.07, 6.45) is -2.71. The fourth-order valence-electron chi connectivity index (χ4n) is 5.12.